The Hall–Kier alpha value is -4.31. The molecule has 0 spiro atoms. The molecule has 212 valence electrons. The van der Waals surface area contributed by atoms with Crippen LogP contribution in [0.15, 0.2) is 60.7 Å². The predicted octanol–water partition coefficient (Wildman–Crippen LogP) is 2.14. The first-order valence-electron chi connectivity index (χ1n) is 13.0. The van der Waals surface area contributed by atoms with Gasteiger partial charge in [0.05, 0.1) is 31.2 Å². The van der Waals surface area contributed by atoms with Crippen LogP contribution in [0.1, 0.15) is 54.7 Å². The van der Waals surface area contributed by atoms with Gasteiger partial charge in [0.1, 0.15) is 12.1 Å². The van der Waals surface area contributed by atoms with Gasteiger partial charge in [-0.1, -0.05) is 63.2 Å². The Balaban J connectivity index is 1.79. The fourth-order valence-corrected chi connectivity index (χ4v) is 4.53. The number of ether oxygens (including phenoxy) is 1. The van der Waals surface area contributed by atoms with Crippen molar-refractivity contribution in [2.24, 2.45) is 17.8 Å². The van der Waals surface area contributed by atoms with E-state index in [2.05, 4.69) is 16.0 Å². The molecule has 2 unspecified atom stereocenters. The number of esters is 1. The van der Waals surface area contributed by atoms with E-state index in [0.29, 0.717) is 11.1 Å². The Kier molecular flexibility index (Phi) is 10.3. The van der Waals surface area contributed by atoms with Crippen molar-refractivity contribution in [3.63, 3.8) is 0 Å². The molecule has 40 heavy (non-hydrogen) atoms. The van der Waals surface area contributed by atoms with Gasteiger partial charge in [-0.3, -0.25) is 19.2 Å². The van der Waals surface area contributed by atoms with Crippen molar-refractivity contribution in [3.05, 3.63) is 77.4 Å². The molecule has 0 aliphatic carbocycles. The second-order valence-electron chi connectivity index (χ2n) is 10.1. The van der Waals surface area contributed by atoms with Gasteiger partial charge < -0.3 is 25.8 Å². The van der Waals surface area contributed by atoms with Crippen LogP contribution in [0.5, 0.6) is 0 Å². The second kappa shape index (κ2) is 13.7. The summed E-state index contributed by atoms with van der Waals surface area (Å²) in [6.07, 6.45) is 1.65. The zero-order valence-corrected chi connectivity index (χ0v) is 22.9. The van der Waals surface area contributed by atoms with Gasteiger partial charge in [0.2, 0.25) is 17.7 Å². The number of amides is 3. The summed E-state index contributed by atoms with van der Waals surface area (Å²) < 4.78 is 4.73. The molecule has 5 atom stereocenters. The first-order valence-corrected chi connectivity index (χ1v) is 13.0. The lowest BCUT2D eigenvalue weighted by atomic mass is 9.84. The monoisotopic (exact) mass is 549 g/mol. The van der Waals surface area contributed by atoms with E-state index in [1.54, 1.807) is 39.0 Å². The number of Topliss-reactive ketones (excluding diaryl/α,β-unsaturated/α-hetero) is 1. The predicted molar refractivity (Wildman–Crippen MR) is 147 cm³/mol. The highest BCUT2D eigenvalue weighted by atomic mass is 16.5. The van der Waals surface area contributed by atoms with Gasteiger partial charge in [-0.05, 0) is 35.3 Å². The van der Waals surface area contributed by atoms with Crippen molar-refractivity contribution in [3.8, 4) is 0 Å². The smallest absolute Gasteiger partial charge is 0.337 e. The molecule has 3 amide bonds. The van der Waals surface area contributed by atoms with E-state index in [4.69, 9.17) is 4.74 Å². The molecule has 2 aromatic carbocycles. The van der Waals surface area contributed by atoms with Gasteiger partial charge in [0, 0.05) is 12.0 Å². The summed E-state index contributed by atoms with van der Waals surface area (Å²) in [5.74, 6) is -4.62. The Morgan fingerprint density at radius 2 is 1.68 bits per heavy atom. The Morgan fingerprint density at radius 1 is 1.02 bits per heavy atom. The van der Waals surface area contributed by atoms with Crippen molar-refractivity contribution in [1.29, 1.82) is 0 Å². The summed E-state index contributed by atoms with van der Waals surface area (Å²) in [6.45, 7) is 5.09. The van der Waals surface area contributed by atoms with Crippen molar-refractivity contribution in [2.45, 2.75) is 45.5 Å². The molecule has 10 heteroatoms. The maximum absolute atomic E-state index is 13.3. The number of methoxy groups -OCH3 is 1. The van der Waals surface area contributed by atoms with E-state index in [9.17, 15) is 29.1 Å². The standard InChI is InChI=1S/C30H35N3O7/c1-17(2)26(27(36)25-18(3)28(37)33-29(25)38)32-24(35)16-22(20-11-13-21(14-12-20)30(39)40-4)31-23(34)15-10-19-8-6-5-7-9-19/h5-15,17-18,22,25-26,28,37H,16H2,1-4H3,(H,31,34)(H,32,35)(H,33,38)/b15-10+/t18-,22?,25+,26-,28?/m0/s1. The van der Waals surface area contributed by atoms with Crippen LogP contribution in [0.2, 0.25) is 0 Å². The first kappa shape index (κ1) is 30.2. The molecular formula is C30H35N3O7. The summed E-state index contributed by atoms with van der Waals surface area (Å²) in [6, 6.07) is 13.7. The minimum atomic E-state index is -1.14. The molecule has 1 fully saturated rings. The molecule has 1 saturated heterocycles. The van der Waals surface area contributed by atoms with Crippen molar-refractivity contribution in [2.75, 3.05) is 7.11 Å². The van der Waals surface area contributed by atoms with E-state index >= 15 is 0 Å². The van der Waals surface area contributed by atoms with Crippen LogP contribution in [0.25, 0.3) is 6.08 Å². The molecule has 0 aromatic heterocycles. The molecule has 1 aliphatic rings. The van der Waals surface area contributed by atoms with Gasteiger partial charge in [-0.15, -0.1) is 0 Å². The van der Waals surface area contributed by atoms with Gasteiger partial charge in [0.15, 0.2) is 5.78 Å². The average molecular weight is 550 g/mol. The van der Waals surface area contributed by atoms with Crippen LogP contribution in [0.3, 0.4) is 0 Å². The number of carbonyl (C=O) groups is 5. The number of aliphatic hydroxyl groups excluding tert-OH is 1. The third-order valence-electron chi connectivity index (χ3n) is 6.86. The highest BCUT2D eigenvalue weighted by Crippen LogP contribution is 2.26. The number of benzene rings is 2. The van der Waals surface area contributed by atoms with Crippen LogP contribution in [-0.4, -0.2) is 54.0 Å². The van der Waals surface area contributed by atoms with Crippen molar-refractivity contribution >= 4 is 35.6 Å². The summed E-state index contributed by atoms with van der Waals surface area (Å²) >= 11 is 0. The Morgan fingerprint density at radius 3 is 2.23 bits per heavy atom. The molecular weight excluding hydrogens is 514 g/mol. The number of hydrogen-bond acceptors (Lipinski definition) is 7. The molecule has 3 rings (SSSR count). The lowest BCUT2D eigenvalue weighted by Gasteiger charge is -2.26. The zero-order valence-electron chi connectivity index (χ0n) is 22.9. The second-order valence-corrected chi connectivity index (χ2v) is 10.1. The van der Waals surface area contributed by atoms with Crippen LogP contribution >= 0.6 is 0 Å². The Bertz CT molecular complexity index is 1260. The van der Waals surface area contributed by atoms with E-state index in [-0.39, 0.29) is 12.3 Å². The number of nitrogens with one attached hydrogen (secondary N) is 3. The van der Waals surface area contributed by atoms with E-state index < -0.39 is 59.6 Å². The lowest BCUT2D eigenvalue weighted by Crippen LogP contribution is -2.49. The van der Waals surface area contributed by atoms with E-state index in [0.717, 1.165) is 5.56 Å². The first-order chi connectivity index (χ1) is 19.0. The van der Waals surface area contributed by atoms with E-state index in [1.165, 1.54) is 25.3 Å². The highest BCUT2D eigenvalue weighted by molar-refractivity contribution is 6.06. The Labute approximate surface area is 233 Å². The molecule has 0 radical (unpaired) electrons. The SMILES string of the molecule is COC(=O)c1ccc(C(CC(=O)N[C@H](C(=O)[C@@H]2C(=O)NC(O)[C@H]2C)C(C)C)NC(=O)/C=C/c2ccccc2)cc1. The highest BCUT2D eigenvalue weighted by Gasteiger charge is 2.46. The van der Waals surface area contributed by atoms with Crippen LogP contribution < -0.4 is 16.0 Å². The quantitative estimate of drug-likeness (QED) is 0.190. The molecule has 1 aliphatic heterocycles. The molecule has 0 bridgehead atoms. The maximum atomic E-state index is 13.3. The van der Waals surface area contributed by atoms with Gasteiger partial charge >= 0.3 is 5.97 Å². The third kappa shape index (κ3) is 7.63. The fraction of sp³-hybridized carbons (Fsp3) is 0.367. The van der Waals surface area contributed by atoms with Gasteiger partial charge in [-0.2, -0.15) is 0 Å². The largest absolute Gasteiger partial charge is 0.465 e. The minimum absolute atomic E-state index is 0.214. The van der Waals surface area contributed by atoms with Crippen LogP contribution in [-0.2, 0) is 23.9 Å². The van der Waals surface area contributed by atoms with Crippen LogP contribution in [0.4, 0.5) is 0 Å². The molecule has 4 N–H and O–H groups in total. The van der Waals surface area contributed by atoms with Crippen molar-refractivity contribution in [1.82, 2.24) is 16.0 Å². The number of hydrogen-bond donors (Lipinski definition) is 4. The number of ketones is 1. The van der Waals surface area contributed by atoms with Crippen molar-refractivity contribution < 1.29 is 33.8 Å². The zero-order chi connectivity index (χ0) is 29.4. The van der Waals surface area contributed by atoms with E-state index in [1.807, 2.05) is 30.3 Å². The van der Waals surface area contributed by atoms with Crippen LogP contribution in [0, 0.1) is 17.8 Å². The normalized spacial score (nSPS) is 20.1. The minimum Gasteiger partial charge on any atom is -0.465 e. The summed E-state index contributed by atoms with van der Waals surface area (Å²) in [5.41, 5.74) is 1.69. The molecule has 1 heterocycles. The number of aliphatic hydroxyl groups is 1. The lowest BCUT2D eigenvalue weighted by molar-refractivity contribution is -0.137. The topological polar surface area (TPSA) is 151 Å². The maximum Gasteiger partial charge on any atom is 0.337 e. The number of carbonyl (C=O) groups excluding carboxylic acids is 5. The average Bonchev–Trinajstić information content (AvgIpc) is 3.20. The van der Waals surface area contributed by atoms with Gasteiger partial charge in [-0.25, -0.2) is 4.79 Å². The summed E-state index contributed by atoms with van der Waals surface area (Å²) in [7, 11) is 1.27. The summed E-state index contributed by atoms with van der Waals surface area (Å²) in [5, 5.41) is 17.9. The summed E-state index contributed by atoms with van der Waals surface area (Å²) in [4.78, 5) is 63.4. The molecule has 0 saturated carbocycles. The number of rotatable bonds is 11. The molecule has 10 nitrogen and oxygen atoms in total. The fourth-order valence-electron chi connectivity index (χ4n) is 4.53. The van der Waals surface area contributed by atoms with Gasteiger partial charge in [0.25, 0.3) is 0 Å². The molecule has 2 aromatic rings. The third-order valence-corrected chi connectivity index (χ3v) is 6.86.